The molecule has 5 heterocycles. The van der Waals surface area contributed by atoms with Crippen molar-refractivity contribution in [1.82, 2.24) is 34.9 Å². The monoisotopic (exact) mass is 766 g/mol. The molecule has 11 aromatic rings. The molecule has 8 nitrogen and oxygen atoms in total. The standard InChI is InChI=1S/C52H30N8/c53-31-32-5-7-33(8-6-32)34-9-19-41(20-10-34)50-58-51(42-21-11-35(12-22-42)44-27-25-39-17-15-37-3-1-29-54-46(37)48(39)56-44)60-52(59-50)43-23-13-36(14-24-43)45-28-26-40-18-16-38-4-2-30-55-47(38)49(40)57-45/h1-30H. The van der Waals surface area contributed by atoms with Gasteiger partial charge in [-0.1, -0.05) is 133 Å². The number of benzene rings is 6. The average molecular weight is 767 g/mol. The maximum absolute atomic E-state index is 9.26. The van der Waals surface area contributed by atoms with Gasteiger partial charge >= 0.3 is 0 Å². The lowest BCUT2D eigenvalue weighted by molar-refractivity contribution is 1.07. The van der Waals surface area contributed by atoms with Crippen molar-refractivity contribution in [2.45, 2.75) is 0 Å². The number of rotatable bonds is 6. The third-order valence-corrected chi connectivity index (χ3v) is 10.9. The van der Waals surface area contributed by atoms with Crippen LogP contribution in [0.15, 0.2) is 182 Å². The van der Waals surface area contributed by atoms with Crippen molar-refractivity contribution in [2.75, 3.05) is 0 Å². The van der Waals surface area contributed by atoms with E-state index >= 15 is 0 Å². The molecule has 11 rings (SSSR count). The largest absolute Gasteiger partial charge is 0.254 e. The first kappa shape index (κ1) is 34.7. The van der Waals surface area contributed by atoms with Gasteiger partial charge in [0.1, 0.15) is 0 Å². The molecule has 0 aliphatic rings. The van der Waals surface area contributed by atoms with E-state index in [-0.39, 0.29) is 0 Å². The Morgan fingerprint density at radius 2 is 0.633 bits per heavy atom. The van der Waals surface area contributed by atoms with Crippen LogP contribution in [0, 0.1) is 11.3 Å². The van der Waals surface area contributed by atoms with E-state index in [1.165, 1.54) is 0 Å². The minimum Gasteiger partial charge on any atom is -0.254 e. The van der Waals surface area contributed by atoms with Gasteiger partial charge in [0, 0.05) is 61.8 Å². The SMILES string of the molecule is N#Cc1ccc(-c2ccc(-c3nc(-c4ccc(-c5ccc6ccc7cccnc7c6n5)cc4)nc(-c4ccc(-c5ccc6ccc7cccnc7c6n5)cc4)n3)cc2)cc1. The molecule has 0 unspecified atom stereocenters. The van der Waals surface area contributed by atoms with Crippen LogP contribution in [-0.4, -0.2) is 34.9 Å². The Morgan fingerprint density at radius 1 is 0.300 bits per heavy atom. The first-order valence-electron chi connectivity index (χ1n) is 19.5. The molecule has 6 aromatic carbocycles. The molecule has 60 heavy (non-hydrogen) atoms. The normalized spacial score (nSPS) is 11.3. The van der Waals surface area contributed by atoms with Crippen LogP contribution in [0.1, 0.15) is 5.56 Å². The van der Waals surface area contributed by atoms with Gasteiger partial charge in [0.25, 0.3) is 0 Å². The van der Waals surface area contributed by atoms with Crippen LogP contribution >= 0.6 is 0 Å². The van der Waals surface area contributed by atoms with E-state index in [9.17, 15) is 5.26 Å². The number of nitrogens with zero attached hydrogens (tertiary/aromatic N) is 8. The number of fused-ring (bicyclic) bond motifs is 6. The van der Waals surface area contributed by atoms with E-state index in [4.69, 9.17) is 24.9 Å². The van der Waals surface area contributed by atoms with Gasteiger partial charge in [0.05, 0.1) is 45.1 Å². The molecule has 278 valence electrons. The predicted molar refractivity (Wildman–Crippen MR) is 238 cm³/mol. The summed E-state index contributed by atoms with van der Waals surface area (Å²) in [7, 11) is 0. The van der Waals surface area contributed by atoms with Gasteiger partial charge in [-0.2, -0.15) is 5.26 Å². The number of nitriles is 1. The molecule has 0 spiro atoms. The van der Waals surface area contributed by atoms with Gasteiger partial charge in [-0.15, -0.1) is 0 Å². The zero-order valence-corrected chi connectivity index (χ0v) is 31.9. The number of hydrogen-bond acceptors (Lipinski definition) is 8. The van der Waals surface area contributed by atoms with Crippen LogP contribution in [0.2, 0.25) is 0 Å². The molecule has 0 amide bonds. The summed E-state index contributed by atoms with van der Waals surface area (Å²) < 4.78 is 0. The molecular weight excluding hydrogens is 737 g/mol. The second kappa shape index (κ2) is 14.4. The van der Waals surface area contributed by atoms with Crippen LogP contribution in [0.4, 0.5) is 0 Å². The summed E-state index contributed by atoms with van der Waals surface area (Å²) in [4.78, 5) is 34.5. The molecule has 0 aliphatic heterocycles. The van der Waals surface area contributed by atoms with Crippen LogP contribution in [0.25, 0.3) is 111 Å². The van der Waals surface area contributed by atoms with Gasteiger partial charge in [-0.05, 0) is 47.5 Å². The second-order valence-electron chi connectivity index (χ2n) is 14.5. The highest BCUT2D eigenvalue weighted by Gasteiger charge is 2.15. The van der Waals surface area contributed by atoms with Crippen LogP contribution in [0.3, 0.4) is 0 Å². The van der Waals surface area contributed by atoms with Crippen molar-refractivity contribution in [1.29, 1.82) is 5.26 Å². The van der Waals surface area contributed by atoms with E-state index in [0.29, 0.717) is 23.0 Å². The van der Waals surface area contributed by atoms with E-state index in [0.717, 1.165) is 93.9 Å². The first-order valence-corrected chi connectivity index (χ1v) is 19.5. The van der Waals surface area contributed by atoms with Crippen molar-refractivity contribution >= 4 is 43.6 Å². The minimum absolute atomic E-state index is 0.555. The van der Waals surface area contributed by atoms with Crippen molar-refractivity contribution in [3.05, 3.63) is 188 Å². The Kier molecular flexibility index (Phi) is 8.35. The summed E-state index contributed by atoms with van der Waals surface area (Å²) in [6.07, 6.45) is 3.61. The van der Waals surface area contributed by atoms with Crippen molar-refractivity contribution in [2.24, 2.45) is 0 Å². The van der Waals surface area contributed by atoms with E-state index in [1.807, 2.05) is 109 Å². The Bertz CT molecular complexity index is 3290. The molecule has 0 aliphatic carbocycles. The highest BCUT2D eigenvalue weighted by Crippen LogP contribution is 2.32. The summed E-state index contributed by atoms with van der Waals surface area (Å²) in [6, 6.07) is 58.9. The zero-order chi connectivity index (χ0) is 40.0. The van der Waals surface area contributed by atoms with Crippen molar-refractivity contribution in [3.63, 3.8) is 0 Å². The quantitative estimate of drug-likeness (QED) is 0.154. The second-order valence-corrected chi connectivity index (χ2v) is 14.5. The third kappa shape index (κ3) is 6.33. The van der Waals surface area contributed by atoms with Crippen molar-refractivity contribution < 1.29 is 0 Å². The lowest BCUT2D eigenvalue weighted by Gasteiger charge is -2.11. The number of hydrogen-bond donors (Lipinski definition) is 0. The lowest BCUT2D eigenvalue weighted by Crippen LogP contribution is -2.00. The molecule has 0 fully saturated rings. The Balaban J connectivity index is 0.967. The van der Waals surface area contributed by atoms with Gasteiger partial charge in [-0.25, -0.2) is 24.9 Å². The molecular formula is C52H30N8. The summed E-state index contributed by atoms with van der Waals surface area (Å²) in [6.45, 7) is 0. The van der Waals surface area contributed by atoms with Crippen molar-refractivity contribution in [3.8, 4) is 73.9 Å². The summed E-state index contributed by atoms with van der Waals surface area (Å²) >= 11 is 0. The molecule has 8 heteroatoms. The highest BCUT2D eigenvalue weighted by molar-refractivity contribution is 6.04. The van der Waals surface area contributed by atoms with Gasteiger partial charge in [-0.3, -0.25) is 9.97 Å². The smallest absolute Gasteiger partial charge is 0.164 e. The molecule has 5 aromatic heterocycles. The Labute approximate surface area is 344 Å². The predicted octanol–water partition coefficient (Wildman–Crippen LogP) is 11.9. The topological polar surface area (TPSA) is 114 Å². The number of aromatic nitrogens is 7. The number of pyridine rings is 4. The van der Waals surface area contributed by atoms with E-state index < -0.39 is 0 Å². The fourth-order valence-electron chi connectivity index (χ4n) is 7.66. The zero-order valence-electron chi connectivity index (χ0n) is 31.9. The van der Waals surface area contributed by atoms with Gasteiger partial charge < -0.3 is 0 Å². The van der Waals surface area contributed by atoms with E-state index in [2.05, 4.69) is 88.8 Å². The van der Waals surface area contributed by atoms with E-state index in [1.54, 1.807) is 0 Å². The van der Waals surface area contributed by atoms with Gasteiger partial charge in [0.2, 0.25) is 0 Å². The summed E-state index contributed by atoms with van der Waals surface area (Å²) in [5.74, 6) is 1.67. The maximum atomic E-state index is 9.26. The molecule has 0 bridgehead atoms. The molecule has 0 saturated carbocycles. The third-order valence-electron chi connectivity index (χ3n) is 10.9. The first-order chi connectivity index (χ1) is 29.6. The summed E-state index contributed by atoms with van der Waals surface area (Å²) in [5.41, 5.74) is 12.4. The van der Waals surface area contributed by atoms with Crippen LogP contribution in [-0.2, 0) is 0 Å². The van der Waals surface area contributed by atoms with Gasteiger partial charge in [0.15, 0.2) is 17.5 Å². The Hall–Kier alpha value is -8.54. The molecule has 0 atom stereocenters. The Morgan fingerprint density at radius 3 is 1.03 bits per heavy atom. The van der Waals surface area contributed by atoms with Crippen LogP contribution in [0.5, 0.6) is 0 Å². The highest BCUT2D eigenvalue weighted by atomic mass is 15.0. The molecule has 0 saturated heterocycles. The fourth-order valence-corrected chi connectivity index (χ4v) is 7.66. The molecule has 0 N–H and O–H groups in total. The minimum atomic E-state index is 0.555. The molecule has 0 radical (unpaired) electrons. The lowest BCUT2D eigenvalue weighted by atomic mass is 10.0. The fraction of sp³-hybridized carbons (Fsp3) is 0. The van der Waals surface area contributed by atoms with Crippen LogP contribution < -0.4 is 0 Å². The average Bonchev–Trinajstić information content (AvgIpc) is 3.33. The maximum Gasteiger partial charge on any atom is 0.164 e. The summed E-state index contributed by atoms with van der Waals surface area (Å²) in [5, 5.41) is 13.5.